The molecule has 0 radical (unpaired) electrons. The molecule has 0 bridgehead atoms. The molecule has 0 aliphatic rings. The zero-order valence-electron chi connectivity index (χ0n) is 8.29. The number of likely N-dealkylation sites (N-methyl/N-ethyl adjacent to an activating group) is 1. The lowest BCUT2D eigenvalue weighted by molar-refractivity contribution is 0.945. The molecule has 0 saturated carbocycles. The second kappa shape index (κ2) is 4.28. The summed E-state index contributed by atoms with van der Waals surface area (Å²) in [5, 5.41) is 0.385. The summed E-state index contributed by atoms with van der Waals surface area (Å²) in [6.07, 6.45) is 1.39. The van der Waals surface area contributed by atoms with Gasteiger partial charge in [-0.3, -0.25) is 0 Å². The largest absolute Gasteiger partial charge is 0.382 e. The highest BCUT2D eigenvalue weighted by molar-refractivity contribution is 6.35. The van der Waals surface area contributed by atoms with Crippen LogP contribution in [-0.2, 0) is 0 Å². The van der Waals surface area contributed by atoms with Crippen LogP contribution in [0.15, 0.2) is 18.5 Å². The Bertz CT molecular complexity index is 351. The first-order valence-electron chi connectivity index (χ1n) is 4.14. The lowest BCUT2D eigenvalue weighted by Crippen LogP contribution is -2.21. The predicted octanol–water partition coefficient (Wildman–Crippen LogP) is 1.72. The van der Waals surface area contributed by atoms with Gasteiger partial charge in [-0.2, -0.15) is 0 Å². The Morgan fingerprint density at radius 3 is 2.86 bits per heavy atom. The van der Waals surface area contributed by atoms with Crippen LogP contribution in [0.4, 0.5) is 11.6 Å². The molecule has 5 heteroatoms. The quantitative estimate of drug-likeness (QED) is 0.776. The summed E-state index contributed by atoms with van der Waals surface area (Å²) in [6, 6.07) is 0. The summed E-state index contributed by atoms with van der Waals surface area (Å²) in [6.45, 7) is 6.44. The van der Waals surface area contributed by atoms with Crippen molar-refractivity contribution >= 4 is 23.2 Å². The first kappa shape index (κ1) is 10.8. The zero-order chi connectivity index (χ0) is 10.7. The van der Waals surface area contributed by atoms with Crippen molar-refractivity contribution in [2.75, 3.05) is 24.2 Å². The molecular formula is C9H13ClN4. The molecule has 4 nitrogen and oxygen atoms in total. The van der Waals surface area contributed by atoms with Crippen molar-refractivity contribution in [3.05, 3.63) is 23.5 Å². The number of hydrogen-bond donors (Lipinski definition) is 1. The van der Waals surface area contributed by atoms with Gasteiger partial charge in [0.15, 0.2) is 5.82 Å². The molecule has 2 N–H and O–H groups in total. The highest BCUT2D eigenvalue weighted by Crippen LogP contribution is 2.26. The van der Waals surface area contributed by atoms with Gasteiger partial charge in [0.2, 0.25) is 0 Å². The van der Waals surface area contributed by atoms with Crippen LogP contribution >= 0.6 is 11.6 Å². The van der Waals surface area contributed by atoms with E-state index in [0.717, 1.165) is 5.57 Å². The van der Waals surface area contributed by atoms with E-state index in [2.05, 4.69) is 16.5 Å². The van der Waals surface area contributed by atoms with Crippen molar-refractivity contribution in [1.82, 2.24) is 9.97 Å². The Balaban J connectivity index is 2.95. The fraction of sp³-hybridized carbons (Fsp3) is 0.333. The maximum atomic E-state index is 5.95. The molecule has 76 valence electrons. The minimum absolute atomic E-state index is 0.297. The van der Waals surface area contributed by atoms with Gasteiger partial charge < -0.3 is 10.6 Å². The SMILES string of the molecule is C=C(C)CN(C)c1ncnc(N)c1Cl. The molecule has 1 rings (SSSR count). The summed E-state index contributed by atoms with van der Waals surface area (Å²) < 4.78 is 0. The van der Waals surface area contributed by atoms with Crippen molar-refractivity contribution in [2.45, 2.75) is 6.92 Å². The van der Waals surface area contributed by atoms with Crippen LogP contribution in [-0.4, -0.2) is 23.6 Å². The first-order chi connectivity index (χ1) is 6.52. The molecule has 0 aromatic carbocycles. The van der Waals surface area contributed by atoms with Gasteiger partial charge in [-0.15, -0.1) is 0 Å². The average Bonchev–Trinajstić information content (AvgIpc) is 2.08. The summed E-state index contributed by atoms with van der Waals surface area (Å²) >= 11 is 5.95. The van der Waals surface area contributed by atoms with Gasteiger partial charge >= 0.3 is 0 Å². The van der Waals surface area contributed by atoms with Crippen LogP contribution in [0.5, 0.6) is 0 Å². The summed E-state index contributed by atoms with van der Waals surface area (Å²) in [7, 11) is 1.88. The van der Waals surface area contributed by atoms with Crippen molar-refractivity contribution < 1.29 is 0 Å². The van der Waals surface area contributed by atoms with E-state index in [1.807, 2.05) is 18.9 Å². The molecule has 0 atom stereocenters. The Labute approximate surface area is 88.4 Å². The molecule has 0 fully saturated rings. The van der Waals surface area contributed by atoms with E-state index in [4.69, 9.17) is 17.3 Å². The van der Waals surface area contributed by atoms with Gasteiger partial charge in [-0.25, -0.2) is 9.97 Å². The van der Waals surface area contributed by atoms with Gasteiger partial charge in [0.1, 0.15) is 17.2 Å². The number of nitrogen functional groups attached to an aromatic ring is 1. The van der Waals surface area contributed by atoms with Gasteiger partial charge in [0, 0.05) is 13.6 Å². The van der Waals surface area contributed by atoms with Crippen LogP contribution in [0.25, 0.3) is 0 Å². The van der Waals surface area contributed by atoms with Crippen molar-refractivity contribution in [3.63, 3.8) is 0 Å². The third kappa shape index (κ3) is 2.35. The third-order valence-corrected chi connectivity index (χ3v) is 2.03. The normalized spacial score (nSPS) is 9.93. The number of anilines is 2. The van der Waals surface area contributed by atoms with Crippen molar-refractivity contribution in [2.24, 2.45) is 0 Å². The molecule has 1 aromatic heterocycles. The second-order valence-corrected chi connectivity index (χ2v) is 3.59. The fourth-order valence-corrected chi connectivity index (χ4v) is 1.36. The Morgan fingerprint density at radius 2 is 2.29 bits per heavy atom. The standard InChI is InChI=1S/C9H13ClN4/c1-6(2)4-14(3)9-7(10)8(11)12-5-13-9/h5H,1,4H2,2-3H3,(H2,11,12,13). The first-order valence-corrected chi connectivity index (χ1v) is 4.51. The number of aromatic nitrogens is 2. The van der Waals surface area contributed by atoms with Crippen LogP contribution in [0.3, 0.4) is 0 Å². The van der Waals surface area contributed by atoms with Crippen LogP contribution in [0.2, 0.25) is 5.02 Å². The van der Waals surface area contributed by atoms with Gasteiger partial charge in [-0.05, 0) is 6.92 Å². The smallest absolute Gasteiger partial charge is 0.153 e. The molecule has 0 aliphatic heterocycles. The van der Waals surface area contributed by atoms with Gasteiger partial charge in [0.25, 0.3) is 0 Å². The fourth-order valence-electron chi connectivity index (χ4n) is 1.12. The lowest BCUT2D eigenvalue weighted by atomic mass is 10.3. The number of halogens is 1. The summed E-state index contributed by atoms with van der Waals surface area (Å²) in [4.78, 5) is 9.72. The minimum atomic E-state index is 0.297. The van der Waals surface area contributed by atoms with E-state index in [1.165, 1.54) is 6.33 Å². The number of nitrogens with zero attached hydrogens (tertiary/aromatic N) is 3. The third-order valence-electron chi connectivity index (χ3n) is 1.67. The van der Waals surface area contributed by atoms with E-state index in [0.29, 0.717) is 23.2 Å². The predicted molar refractivity (Wildman–Crippen MR) is 59.5 cm³/mol. The lowest BCUT2D eigenvalue weighted by Gasteiger charge is -2.19. The Hall–Kier alpha value is -1.29. The molecule has 0 amide bonds. The summed E-state index contributed by atoms with van der Waals surface area (Å²) in [5.41, 5.74) is 6.59. The number of hydrogen-bond acceptors (Lipinski definition) is 4. The van der Waals surface area contributed by atoms with Crippen molar-refractivity contribution in [3.8, 4) is 0 Å². The van der Waals surface area contributed by atoms with Gasteiger partial charge in [-0.1, -0.05) is 23.8 Å². The van der Waals surface area contributed by atoms with Crippen LogP contribution in [0.1, 0.15) is 6.92 Å². The number of rotatable bonds is 3. The molecular weight excluding hydrogens is 200 g/mol. The van der Waals surface area contributed by atoms with E-state index in [1.54, 1.807) is 0 Å². The van der Waals surface area contributed by atoms with Crippen LogP contribution < -0.4 is 10.6 Å². The molecule has 1 aromatic rings. The summed E-state index contributed by atoms with van der Waals surface area (Å²) in [5.74, 6) is 0.924. The van der Waals surface area contributed by atoms with E-state index >= 15 is 0 Å². The maximum absolute atomic E-state index is 5.95. The minimum Gasteiger partial charge on any atom is -0.382 e. The van der Waals surface area contributed by atoms with E-state index < -0.39 is 0 Å². The zero-order valence-corrected chi connectivity index (χ0v) is 9.04. The van der Waals surface area contributed by atoms with E-state index in [9.17, 15) is 0 Å². The highest BCUT2D eigenvalue weighted by atomic mass is 35.5. The molecule has 1 heterocycles. The maximum Gasteiger partial charge on any atom is 0.153 e. The van der Waals surface area contributed by atoms with Crippen LogP contribution in [0, 0.1) is 0 Å². The molecule has 0 saturated heterocycles. The topological polar surface area (TPSA) is 55.0 Å². The monoisotopic (exact) mass is 212 g/mol. The van der Waals surface area contributed by atoms with Crippen molar-refractivity contribution in [1.29, 1.82) is 0 Å². The number of nitrogens with two attached hydrogens (primary N) is 1. The molecule has 14 heavy (non-hydrogen) atoms. The molecule has 0 aliphatic carbocycles. The second-order valence-electron chi connectivity index (χ2n) is 3.21. The average molecular weight is 213 g/mol. The molecule has 0 spiro atoms. The Morgan fingerprint density at radius 1 is 1.64 bits per heavy atom. The van der Waals surface area contributed by atoms with E-state index in [-0.39, 0.29) is 0 Å². The van der Waals surface area contributed by atoms with Gasteiger partial charge in [0.05, 0.1) is 0 Å². The highest BCUT2D eigenvalue weighted by Gasteiger charge is 2.10. The Kier molecular flexibility index (Phi) is 3.30. The molecule has 0 unspecified atom stereocenters.